The molecule has 2 aromatic heterocycles. The Bertz CT molecular complexity index is 544. The minimum Gasteiger partial charge on any atom is -0.480 e. The van der Waals surface area contributed by atoms with Crippen molar-refractivity contribution in [2.45, 2.75) is 19.0 Å². The van der Waals surface area contributed by atoms with Crippen LogP contribution in [-0.4, -0.2) is 32.2 Å². The fourth-order valence-electron chi connectivity index (χ4n) is 1.52. The lowest BCUT2D eigenvalue weighted by Gasteiger charge is -2.02. The first-order valence-electron chi connectivity index (χ1n) is 5.77. The van der Waals surface area contributed by atoms with Crippen molar-refractivity contribution >= 4 is 5.97 Å². The van der Waals surface area contributed by atoms with Crippen LogP contribution in [-0.2, 0) is 11.3 Å². The summed E-state index contributed by atoms with van der Waals surface area (Å²) in [5, 5.41) is 12.9. The quantitative estimate of drug-likeness (QED) is 0.710. The van der Waals surface area contributed by atoms with Gasteiger partial charge in [-0.2, -0.15) is 0 Å². The lowest BCUT2D eigenvalue weighted by molar-refractivity contribution is -0.754. The predicted octanol–water partition coefficient (Wildman–Crippen LogP) is -0.372. The van der Waals surface area contributed by atoms with Gasteiger partial charge in [-0.1, -0.05) is 4.68 Å². The van der Waals surface area contributed by atoms with Crippen molar-refractivity contribution in [1.82, 2.24) is 15.1 Å². The fraction of sp³-hybridized carbons (Fsp3) is 0.250. The van der Waals surface area contributed by atoms with Crippen LogP contribution >= 0.6 is 0 Å². The first-order chi connectivity index (χ1) is 9.16. The maximum absolute atomic E-state index is 10.6. The normalized spacial score (nSPS) is 12.1. The Morgan fingerprint density at radius 2 is 2.32 bits per heavy atom. The Morgan fingerprint density at radius 1 is 1.47 bits per heavy atom. The van der Waals surface area contributed by atoms with E-state index in [0.29, 0.717) is 13.0 Å². The largest absolute Gasteiger partial charge is 0.480 e. The van der Waals surface area contributed by atoms with Crippen molar-refractivity contribution in [3.63, 3.8) is 0 Å². The Kier molecular flexibility index (Phi) is 4.09. The van der Waals surface area contributed by atoms with Crippen molar-refractivity contribution in [3.8, 4) is 11.3 Å². The minimum atomic E-state index is -1.00. The zero-order valence-electron chi connectivity index (χ0n) is 10.2. The molecule has 2 rings (SSSR count). The molecule has 1 atom stereocenters. The molecule has 0 aromatic carbocycles. The third kappa shape index (κ3) is 3.52. The van der Waals surface area contributed by atoms with Crippen LogP contribution in [0.1, 0.15) is 6.42 Å². The van der Waals surface area contributed by atoms with Crippen LogP contribution in [0.5, 0.6) is 0 Å². The zero-order valence-corrected chi connectivity index (χ0v) is 10.2. The van der Waals surface area contributed by atoms with Gasteiger partial charge in [0.2, 0.25) is 0 Å². The molecule has 1 unspecified atom stereocenters. The van der Waals surface area contributed by atoms with E-state index in [9.17, 15) is 4.79 Å². The molecular weight excluding hydrogens is 246 g/mol. The molecule has 0 amide bonds. The molecule has 3 N–H and O–H groups in total. The molecule has 0 aliphatic rings. The molecule has 2 aromatic rings. The number of hydrogen-bond acceptors (Lipinski definition) is 5. The monoisotopic (exact) mass is 260 g/mol. The molecule has 19 heavy (non-hydrogen) atoms. The van der Waals surface area contributed by atoms with Crippen LogP contribution in [0.3, 0.4) is 0 Å². The van der Waals surface area contributed by atoms with Crippen molar-refractivity contribution in [3.05, 3.63) is 37.1 Å². The third-order valence-electron chi connectivity index (χ3n) is 2.64. The van der Waals surface area contributed by atoms with Crippen molar-refractivity contribution in [1.29, 1.82) is 0 Å². The molecule has 0 radical (unpaired) electrons. The first-order valence-corrected chi connectivity index (χ1v) is 5.77. The number of hydrogen-bond donors (Lipinski definition) is 2. The number of nitrogens with zero attached hydrogens (tertiary/aromatic N) is 4. The highest BCUT2D eigenvalue weighted by Crippen LogP contribution is 2.11. The van der Waals surface area contributed by atoms with Crippen LogP contribution in [0.25, 0.3) is 11.3 Å². The van der Waals surface area contributed by atoms with E-state index in [0.717, 1.165) is 11.3 Å². The molecule has 0 saturated heterocycles. The average Bonchev–Trinajstić information content (AvgIpc) is 2.46. The highest BCUT2D eigenvalue weighted by molar-refractivity contribution is 5.72. The maximum atomic E-state index is 10.6. The second kappa shape index (κ2) is 5.96. The van der Waals surface area contributed by atoms with Gasteiger partial charge in [0.25, 0.3) is 0 Å². The topological polar surface area (TPSA) is 106 Å². The van der Waals surface area contributed by atoms with E-state index < -0.39 is 12.0 Å². The van der Waals surface area contributed by atoms with Crippen LogP contribution < -0.4 is 10.4 Å². The Labute approximate surface area is 109 Å². The zero-order chi connectivity index (χ0) is 13.7. The second-order valence-corrected chi connectivity index (χ2v) is 4.01. The summed E-state index contributed by atoms with van der Waals surface area (Å²) in [4.78, 5) is 18.6. The van der Waals surface area contributed by atoms with Crippen molar-refractivity contribution < 1.29 is 14.6 Å². The number of aryl methyl sites for hydroxylation is 1. The van der Waals surface area contributed by atoms with E-state index >= 15 is 0 Å². The van der Waals surface area contributed by atoms with Crippen molar-refractivity contribution in [2.24, 2.45) is 5.73 Å². The molecule has 0 spiro atoms. The molecule has 0 saturated carbocycles. The lowest BCUT2D eigenvalue weighted by Crippen LogP contribution is -2.42. The number of nitrogens with two attached hydrogens (primary N) is 1. The van der Waals surface area contributed by atoms with Gasteiger partial charge in [0.05, 0.1) is 5.69 Å². The van der Waals surface area contributed by atoms with Gasteiger partial charge in [-0.15, -0.1) is 0 Å². The summed E-state index contributed by atoms with van der Waals surface area (Å²) in [6.45, 7) is 0.456. The Balaban J connectivity index is 2.01. The van der Waals surface area contributed by atoms with Gasteiger partial charge in [-0.05, 0) is 11.2 Å². The van der Waals surface area contributed by atoms with Gasteiger partial charge < -0.3 is 10.8 Å². The molecule has 98 valence electrons. The van der Waals surface area contributed by atoms with Gasteiger partial charge in [0, 0.05) is 24.2 Å². The molecule has 0 bridgehead atoms. The molecule has 0 aliphatic heterocycles. The molecule has 7 nitrogen and oxygen atoms in total. The fourth-order valence-corrected chi connectivity index (χ4v) is 1.52. The number of aliphatic carboxylic acids is 1. The van der Waals surface area contributed by atoms with Gasteiger partial charge in [-0.25, -0.2) is 9.97 Å². The summed E-state index contributed by atoms with van der Waals surface area (Å²) in [7, 11) is 0. The van der Waals surface area contributed by atoms with Crippen LogP contribution in [0.4, 0.5) is 0 Å². The minimum absolute atomic E-state index is 0.333. The molecule has 7 heteroatoms. The number of carbonyl (C=O) groups is 1. The van der Waals surface area contributed by atoms with E-state index in [1.807, 2.05) is 6.07 Å². The van der Waals surface area contributed by atoms with Gasteiger partial charge in [0.15, 0.2) is 12.7 Å². The highest BCUT2D eigenvalue weighted by atomic mass is 16.4. The third-order valence-corrected chi connectivity index (χ3v) is 2.64. The van der Waals surface area contributed by atoms with E-state index in [1.165, 1.54) is 6.33 Å². The lowest BCUT2D eigenvalue weighted by atomic mass is 10.2. The Morgan fingerprint density at radius 3 is 2.89 bits per heavy atom. The van der Waals surface area contributed by atoms with Crippen molar-refractivity contribution in [2.75, 3.05) is 0 Å². The summed E-state index contributed by atoms with van der Waals surface area (Å²) in [6, 6.07) is 2.79. The number of carboxylic acid groups (broad SMARTS) is 1. The van der Waals surface area contributed by atoms with E-state index in [4.69, 9.17) is 10.8 Å². The Hall–Kier alpha value is -2.41. The smallest absolute Gasteiger partial charge is 0.320 e. The first kappa shape index (κ1) is 13.0. The van der Waals surface area contributed by atoms with Crippen LogP contribution in [0.2, 0.25) is 0 Å². The average molecular weight is 260 g/mol. The van der Waals surface area contributed by atoms with E-state index in [1.54, 1.807) is 29.3 Å². The molecular formula is C12H14N5O2+. The van der Waals surface area contributed by atoms with E-state index in [-0.39, 0.29) is 0 Å². The predicted molar refractivity (Wildman–Crippen MR) is 65.7 cm³/mol. The van der Waals surface area contributed by atoms with Crippen LogP contribution in [0, 0.1) is 0 Å². The van der Waals surface area contributed by atoms with Crippen LogP contribution in [0.15, 0.2) is 37.1 Å². The van der Waals surface area contributed by atoms with Gasteiger partial charge in [0.1, 0.15) is 18.6 Å². The standard InChI is InChI=1S/C12H13N5O2/c13-10(12(18)19)3-6-17-5-2-9(7-16-17)11-1-4-14-8-15-11/h1-2,4-5,7-8,10H,3,6,13H2/p+1. The molecule has 0 fully saturated rings. The maximum Gasteiger partial charge on any atom is 0.320 e. The van der Waals surface area contributed by atoms with Gasteiger partial charge in [-0.3, -0.25) is 4.79 Å². The summed E-state index contributed by atoms with van der Waals surface area (Å²) in [5.74, 6) is -1.00. The highest BCUT2D eigenvalue weighted by Gasteiger charge is 2.14. The molecule has 0 aliphatic carbocycles. The summed E-state index contributed by atoms with van der Waals surface area (Å²) in [6.07, 6.45) is 6.91. The van der Waals surface area contributed by atoms with Gasteiger partial charge >= 0.3 is 5.97 Å². The molecule has 2 heterocycles. The summed E-state index contributed by atoms with van der Waals surface area (Å²) >= 11 is 0. The summed E-state index contributed by atoms with van der Waals surface area (Å²) in [5.41, 5.74) is 7.09. The number of rotatable bonds is 5. The second-order valence-electron chi connectivity index (χ2n) is 4.01. The SMILES string of the molecule is NC(CC[n+]1ccc(-c2ccncn2)cn1)C(=O)O. The van der Waals surface area contributed by atoms with E-state index in [2.05, 4.69) is 15.1 Å². The summed E-state index contributed by atoms with van der Waals surface area (Å²) < 4.78 is 1.65. The number of carboxylic acids is 1. The number of aromatic nitrogens is 4.